The zero-order valence-corrected chi connectivity index (χ0v) is 9.41. The molecule has 0 aromatic heterocycles. The molecule has 0 aliphatic rings. The molecule has 0 bridgehead atoms. The van der Waals surface area contributed by atoms with Gasteiger partial charge in [-0.3, -0.25) is 0 Å². The number of hydrogen-bond acceptors (Lipinski definition) is 3. The van der Waals surface area contributed by atoms with Crippen molar-refractivity contribution in [3.8, 4) is 0 Å². The van der Waals surface area contributed by atoms with E-state index in [0.29, 0.717) is 5.92 Å². The Labute approximate surface area is 81.0 Å². The second-order valence-electron chi connectivity index (χ2n) is 3.48. The van der Waals surface area contributed by atoms with E-state index in [0.717, 1.165) is 6.42 Å². The number of halogens is 1. The van der Waals surface area contributed by atoms with E-state index in [1.165, 1.54) is 6.26 Å². The van der Waals surface area contributed by atoms with Crippen molar-refractivity contribution in [2.75, 3.05) is 12.0 Å². The van der Waals surface area contributed by atoms with Crippen LogP contribution >= 0.6 is 12.4 Å². The molecule has 5 heteroatoms. The first-order valence-corrected chi connectivity index (χ1v) is 5.80. The van der Waals surface area contributed by atoms with Gasteiger partial charge in [-0.2, -0.15) is 0 Å². The lowest BCUT2D eigenvalue weighted by molar-refractivity contribution is 0.514. The Kier molecular flexibility index (Phi) is 7.08. The average Bonchev–Trinajstić information content (AvgIpc) is 1.53. The van der Waals surface area contributed by atoms with Crippen molar-refractivity contribution in [1.29, 1.82) is 0 Å². The minimum absolute atomic E-state index is 0. The van der Waals surface area contributed by atoms with Crippen LogP contribution in [0, 0.1) is 5.92 Å². The van der Waals surface area contributed by atoms with Crippen molar-refractivity contribution in [2.24, 2.45) is 11.7 Å². The molecular formula is C7H18ClNO2S. The topological polar surface area (TPSA) is 60.2 Å². The summed E-state index contributed by atoms with van der Waals surface area (Å²) in [6, 6.07) is -0.204. The van der Waals surface area contributed by atoms with Gasteiger partial charge in [-0.25, -0.2) is 8.42 Å². The van der Waals surface area contributed by atoms with Crippen LogP contribution in [0.2, 0.25) is 0 Å². The van der Waals surface area contributed by atoms with Crippen LogP contribution in [0.15, 0.2) is 0 Å². The number of rotatable bonds is 4. The minimum atomic E-state index is -2.89. The van der Waals surface area contributed by atoms with Crippen molar-refractivity contribution >= 4 is 22.2 Å². The molecule has 0 amide bonds. The monoisotopic (exact) mass is 215 g/mol. The average molecular weight is 216 g/mol. The van der Waals surface area contributed by atoms with Crippen LogP contribution < -0.4 is 5.73 Å². The third kappa shape index (κ3) is 10.2. The molecule has 76 valence electrons. The van der Waals surface area contributed by atoms with Gasteiger partial charge in [0.2, 0.25) is 0 Å². The molecule has 0 aromatic carbocycles. The first kappa shape index (κ1) is 14.7. The maximum Gasteiger partial charge on any atom is 0.148 e. The van der Waals surface area contributed by atoms with Crippen LogP contribution in [-0.4, -0.2) is 26.5 Å². The number of sulfone groups is 1. The zero-order valence-electron chi connectivity index (χ0n) is 7.78. The fourth-order valence-corrected chi connectivity index (χ4v) is 1.98. The Morgan fingerprint density at radius 1 is 1.33 bits per heavy atom. The molecule has 0 heterocycles. The predicted octanol–water partition coefficient (Wildman–Crippen LogP) is 0.826. The molecule has 0 aliphatic heterocycles. The lowest BCUT2D eigenvalue weighted by Crippen LogP contribution is -2.30. The summed E-state index contributed by atoms with van der Waals surface area (Å²) in [5, 5.41) is 0. The Balaban J connectivity index is 0. The van der Waals surface area contributed by atoms with Gasteiger partial charge < -0.3 is 5.73 Å². The van der Waals surface area contributed by atoms with Crippen molar-refractivity contribution in [2.45, 2.75) is 26.3 Å². The van der Waals surface area contributed by atoms with E-state index < -0.39 is 9.84 Å². The highest BCUT2D eigenvalue weighted by Crippen LogP contribution is 2.03. The van der Waals surface area contributed by atoms with Crippen molar-refractivity contribution in [1.82, 2.24) is 0 Å². The quantitative estimate of drug-likeness (QED) is 0.756. The standard InChI is InChI=1S/C7H17NO2S.ClH/c1-6(2)4-7(8)5-11(3,9)10;/h6-7H,4-5,8H2,1-3H3;1H/t7-;/m0./s1. The third-order valence-electron chi connectivity index (χ3n) is 1.29. The second-order valence-corrected chi connectivity index (χ2v) is 5.67. The van der Waals surface area contributed by atoms with E-state index >= 15 is 0 Å². The van der Waals surface area contributed by atoms with E-state index in [1.54, 1.807) is 0 Å². The van der Waals surface area contributed by atoms with Gasteiger partial charge in [0.15, 0.2) is 0 Å². The van der Waals surface area contributed by atoms with Crippen molar-refractivity contribution < 1.29 is 8.42 Å². The minimum Gasteiger partial charge on any atom is -0.327 e. The molecule has 0 aliphatic carbocycles. The summed E-state index contributed by atoms with van der Waals surface area (Å²) in [6.45, 7) is 4.06. The smallest absolute Gasteiger partial charge is 0.148 e. The van der Waals surface area contributed by atoms with Crippen LogP contribution in [0.1, 0.15) is 20.3 Å². The van der Waals surface area contributed by atoms with Crippen LogP contribution in [0.4, 0.5) is 0 Å². The summed E-state index contributed by atoms with van der Waals surface area (Å²) >= 11 is 0. The zero-order chi connectivity index (χ0) is 9.07. The van der Waals surface area contributed by atoms with E-state index in [-0.39, 0.29) is 24.2 Å². The molecule has 0 radical (unpaired) electrons. The summed E-state index contributed by atoms with van der Waals surface area (Å²) in [6.07, 6.45) is 1.99. The molecule has 0 fully saturated rings. The van der Waals surface area contributed by atoms with Crippen LogP contribution in [0.3, 0.4) is 0 Å². The first-order chi connectivity index (χ1) is 4.81. The summed E-state index contributed by atoms with van der Waals surface area (Å²) in [7, 11) is -2.89. The third-order valence-corrected chi connectivity index (χ3v) is 2.32. The molecule has 0 saturated heterocycles. The largest absolute Gasteiger partial charge is 0.327 e. The van der Waals surface area contributed by atoms with Gasteiger partial charge in [-0.05, 0) is 12.3 Å². The van der Waals surface area contributed by atoms with Gasteiger partial charge in [-0.15, -0.1) is 12.4 Å². The molecule has 0 rings (SSSR count). The van der Waals surface area contributed by atoms with E-state index in [9.17, 15) is 8.42 Å². The Morgan fingerprint density at radius 3 is 2.00 bits per heavy atom. The molecule has 1 atom stereocenters. The molecule has 0 spiro atoms. The number of hydrogen-bond donors (Lipinski definition) is 1. The Hall–Kier alpha value is 0.200. The molecule has 0 aromatic rings. The summed E-state index contributed by atoms with van der Waals surface area (Å²) in [4.78, 5) is 0. The lowest BCUT2D eigenvalue weighted by Gasteiger charge is -2.11. The SMILES string of the molecule is CC(C)C[C@H](N)CS(C)(=O)=O.Cl. The highest BCUT2D eigenvalue weighted by Gasteiger charge is 2.11. The van der Waals surface area contributed by atoms with E-state index in [2.05, 4.69) is 0 Å². The predicted molar refractivity (Wildman–Crippen MR) is 54.4 cm³/mol. The Bertz CT molecular complexity index is 201. The van der Waals surface area contributed by atoms with Gasteiger partial charge in [0.1, 0.15) is 9.84 Å². The van der Waals surface area contributed by atoms with E-state index in [1.807, 2.05) is 13.8 Å². The van der Waals surface area contributed by atoms with Gasteiger partial charge in [0, 0.05) is 12.3 Å². The lowest BCUT2D eigenvalue weighted by atomic mass is 10.1. The summed E-state index contributed by atoms with van der Waals surface area (Å²) < 4.78 is 21.5. The van der Waals surface area contributed by atoms with Crippen LogP contribution in [0.5, 0.6) is 0 Å². The van der Waals surface area contributed by atoms with Gasteiger partial charge in [0.05, 0.1) is 5.75 Å². The van der Waals surface area contributed by atoms with Gasteiger partial charge >= 0.3 is 0 Å². The molecule has 3 nitrogen and oxygen atoms in total. The maximum absolute atomic E-state index is 10.7. The molecule has 0 saturated carbocycles. The van der Waals surface area contributed by atoms with Crippen LogP contribution in [0.25, 0.3) is 0 Å². The first-order valence-electron chi connectivity index (χ1n) is 3.74. The highest BCUT2D eigenvalue weighted by molar-refractivity contribution is 7.90. The molecule has 12 heavy (non-hydrogen) atoms. The molecule has 0 unspecified atom stereocenters. The van der Waals surface area contributed by atoms with E-state index in [4.69, 9.17) is 5.73 Å². The van der Waals surface area contributed by atoms with Gasteiger partial charge in [-0.1, -0.05) is 13.8 Å². The summed E-state index contributed by atoms with van der Waals surface area (Å²) in [5.74, 6) is 0.567. The number of nitrogens with two attached hydrogens (primary N) is 1. The van der Waals surface area contributed by atoms with Crippen LogP contribution in [-0.2, 0) is 9.84 Å². The van der Waals surface area contributed by atoms with Crippen molar-refractivity contribution in [3.05, 3.63) is 0 Å². The van der Waals surface area contributed by atoms with Crippen molar-refractivity contribution in [3.63, 3.8) is 0 Å². The molecular weight excluding hydrogens is 198 g/mol. The fraction of sp³-hybridized carbons (Fsp3) is 1.00. The second kappa shape index (κ2) is 5.78. The Morgan fingerprint density at radius 2 is 1.75 bits per heavy atom. The highest BCUT2D eigenvalue weighted by atomic mass is 35.5. The summed E-state index contributed by atoms with van der Waals surface area (Å²) in [5.41, 5.74) is 5.58. The molecule has 2 N–H and O–H groups in total. The maximum atomic E-state index is 10.7. The van der Waals surface area contributed by atoms with Gasteiger partial charge in [0.25, 0.3) is 0 Å². The fourth-order valence-electron chi connectivity index (χ4n) is 1.06. The normalized spacial score (nSPS) is 14.1.